The second-order valence-electron chi connectivity index (χ2n) is 27.7. The number of aromatic nitrogens is 4. The Morgan fingerprint density at radius 2 is 0.772 bits per heavy atom. The van der Waals surface area contributed by atoms with E-state index in [9.17, 15) is 30.6 Å². The minimum atomic E-state index is -0.296. The molecule has 19 heteroatoms. The Hall–Kier alpha value is -6.18. The zero-order valence-electron chi connectivity index (χ0n) is 58.8. The van der Waals surface area contributed by atoms with Crippen molar-refractivity contribution in [2.45, 2.75) is 234 Å². The van der Waals surface area contributed by atoms with Crippen molar-refractivity contribution in [3.63, 3.8) is 0 Å². The summed E-state index contributed by atoms with van der Waals surface area (Å²) in [5.41, 5.74) is 11.2. The van der Waals surface area contributed by atoms with Crippen LogP contribution in [0.25, 0.3) is 95.4 Å². The molecule has 2 atom stereocenters. The van der Waals surface area contributed by atoms with Crippen LogP contribution in [0.5, 0.6) is 0 Å². The van der Waals surface area contributed by atoms with Crippen LogP contribution in [0, 0.1) is 57.2 Å². The Labute approximate surface area is 633 Å². The Bertz CT molecular complexity index is 4830. The number of unbranched alkanes of at least 4 members (excludes halogenated alkanes) is 18. The van der Waals surface area contributed by atoms with E-state index in [1.165, 1.54) is 130 Å². The van der Waals surface area contributed by atoms with Gasteiger partial charge in [-0.3, -0.25) is 9.59 Å². The number of nitrogens with zero attached hydrogens (tertiary/aromatic N) is 8. The normalized spacial score (nSPS) is 14.6. The summed E-state index contributed by atoms with van der Waals surface area (Å²) in [4.78, 5) is 31.8. The van der Waals surface area contributed by atoms with Gasteiger partial charge < -0.3 is 9.13 Å². The van der Waals surface area contributed by atoms with Crippen molar-refractivity contribution in [1.82, 2.24) is 17.9 Å². The number of halogens is 4. The first-order valence-corrected chi connectivity index (χ1v) is 42.4. The third kappa shape index (κ3) is 14.5. The summed E-state index contributed by atoms with van der Waals surface area (Å²) < 4.78 is 23.1. The molecule has 3 aromatic carbocycles. The second kappa shape index (κ2) is 33.7. The fraction of sp³-hybridized carbons (Fsp3) is 0.463. The van der Waals surface area contributed by atoms with Crippen LogP contribution in [0.15, 0.2) is 46.6 Å². The molecular weight excluding hydrogens is 1430 g/mol. The highest BCUT2D eigenvalue weighted by Gasteiger charge is 2.38. The molecule has 10 nitrogen and oxygen atoms in total. The van der Waals surface area contributed by atoms with Gasteiger partial charge >= 0.3 is 0 Å². The first kappa shape index (κ1) is 74.5. The molecule has 0 radical (unpaired) electrons. The molecule has 2 aliphatic rings. The number of allylic oxidation sites excluding steroid dienone is 6. The van der Waals surface area contributed by atoms with E-state index >= 15 is 0 Å². The van der Waals surface area contributed by atoms with E-state index in [0.29, 0.717) is 45.2 Å². The smallest absolute Gasteiger partial charge is 0.194 e. The predicted octanol–water partition coefficient (Wildman–Crippen LogP) is 27.8. The first-order valence-electron chi connectivity index (χ1n) is 36.9. The third-order valence-corrected chi connectivity index (χ3v) is 28.3. The summed E-state index contributed by atoms with van der Waals surface area (Å²) in [5, 5.41) is 45.4. The van der Waals surface area contributed by atoms with Crippen molar-refractivity contribution in [2.75, 3.05) is 0 Å². The maximum Gasteiger partial charge on any atom is 0.194 e. The zero-order chi connectivity index (χ0) is 71.2. The molecule has 0 aliphatic heterocycles. The van der Waals surface area contributed by atoms with Crippen LogP contribution in [-0.2, 0) is 25.9 Å². The molecule has 2 unspecified atom stereocenters. The van der Waals surface area contributed by atoms with Gasteiger partial charge in [0, 0.05) is 67.0 Å². The third-order valence-electron chi connectivity index (χ3n) is 21.1. The van der Waals surface area contributed by atoms with Gasteiger partial charge in [-0.15, -0.1) is 45.3 Å². The van der Waals surface area contributed by atoms with Gasteiger partial charge in [0.1, 0.15) is 46.5 Å². The fourth-order valence-electron chi connectivity index (χ4n) is 15.6. The average molecular weight is 1520 g/mol. The van der Waals surface area contributed by atoms with Crippen LogP contribution in [0.2, 0.25) is 20.1 Å². The van der Waals surface area contributed by atoms with Gasteiger partial charge in [0.25, 0.3) is 0 Å². The Morgan fingerprint density at radius 3 is 1.11 bits per heavy atom. The number of carbonyl (C=O) groups is 2. The lowest BCUT2D eigenvalue weighted by molar-refractivity contribution is 0.103. The fourth-order valence-corrected chi connectivity index (χ4v) is 22.8. The van der Waals surface area contributed by atoms with E-state index < -0.39 is 0 Å². The Balaban J connectivity index is 1.14. The van der Waals surface area contributed by atoms with Crippen molar-refractivity contribution in [3.8, 4) is 24.3 Å². The number of hydrogen-bond donors (Lipinski definition) is 0. The molecule has 10 aromatic rings. The first-order chi connectivity index (χ1) is 49.2. The summed E-state index contributed by atoms with van der Waals surface area (Å²) in [6, 6.07) is 14.9. The van der Waals surface area contributed by atoms with Crippen molar-refractivity contribution in [1.29, 1.82) is 21.0 Å². The van der Waals surface area contributed by atoms with E-state index in [1.807, 2.05) is 34.8 Å². The number of Topliss-reactive ketones (excluding diaryl/α,β-unsaturated/α-hetero) is 2. The number of hydrogen-bond acceptors (Lipinski definition) is 13. The summed E-state index contributed by atoms with van der Waals surface area (Å²) in [7, 11) is 0. The average Bonchev–Trinajstić information content (AvgIpc) is 1.51. The Kier molecular flexibility index (Phi) is 24.9. The number of rotatable bonds is 34. The van der Waals surface area contributed by atoms with E-state index in [4.69, 9.17) is 55.2 Å². The molecule has 12 rings (SSSR count). The molecule has 0 N–H and O–H groups in total. The summed E-state index contributed by atoms with van der Waals surface area (Å²) >= 11 is 35.0. The monoisotopic (exact) mass is 1510 g/mol. The van der Waals surface area contributed by atoms with Crippen LogP contribution in [0.3, 0.4) is 0 Å². The zero-order valence-corrected chi connectivity index (χ0v) is 65.9. The summed E-state index contributed by atoms with van der Waals surface area (Å²) in [6.45, 7) is 15.3. The molecule has 0 fully saturated rings. The number of ketones is 2. The number of aryl methyl sites for hydroxylation is 2. The number of carbonyl (C=O) groups excluding carboxylic acids is 2. The van der Waals surface area contributed by atoms with Gasteiger partial charge in [-0.2, -0.15) is 29.8 Å². The van der Waals surface area contributed by atoms with Crippen LogP contribution < -0.4 is 0 Å². The van der Waals surface area contributed by atoms with E-state index in [0.717, 1.165) is 168 Å². The largest absolute Gasteiger partial charge is 0.337 e. The Morgan fingerprint density at radius 1 is 0.436 bits per heavy atom. The van der Waals surface area contributed by atoms with Gasteiger partial charge in [0.15, 0.2) is 11.6 Å². The molecule has 0 saturated heterocycles. The number of nitriles is 4. The molecule has 0 amide bonds. The molecule has 524 valence electrons. The molecular formula is C82H86Cl4N8O2S5. The van der Waals surface area contributed by atoms with E-state index in [1.54, 1.807) is 46.9 Å². The van der Waals surface area contributed by atoms with E-state index in [-0.39, 0.29) is 53.9 Å². The molecule has 0 saturated carbocycles. The van der Waals surface area contributed by atoms with Gasteiger partial charge in [-0.1, -0.05) is 229 Å². The van der Waals surface area contributed by atoms with Gasteiger partial charge in [-0.25, -0.2) is 0 Å². The SMILES string of the molecule is CCCCCCCCCCCc1c(/C=C2\C(=O)c3cc(Cl)c(Cl)cc3C2=C(C#N)C#N)sc2c1sc1c3c4nsnc4c4c5sc6c(CCCCCCCCCCC)c(/C=C7\C(=O)c8cc(Cl)c(Cl)cc8C7=C(C#N)C#N)sc6c5n(CC(CC)CCCC)c4c3n(CC(CC)CCCC)c21. The van der Waals surface area contributed by atoms with Gasteiger partial charge in [-0.05, 0) is 109 Å². The maximum absolute atomic E-state index is 14.9. The minimum absolute atomic E-state index is 0.154. The van der Waals surface area contributed by atoms with Gasteiger partial charge in [0.2, 0.25) is 0 Å². The minimum Gasteiger partial charge on any atom is -0.337 e. The standard InChI is InChI=1S/C82H86Cl4N8O2S5/c1-7-13-17-19-21-23-25-27-29-33-51-63(39-57-65(49(41-87)42-88)53-35-59(83)61(85)37-55(53)75(57)95)97-81-73-79(99-77(51)81)67-69-70(92-101-91-69)68-72(71(67)93(73)45-47(11-5)31-15-9-3)94(46-48(12-6)32-16-10-4)74-80(68)100-78-52(34-30-28-26-24-22-20-18-14-8-2)64(98-82(74)78)40-58-66(50(43-89)44-90)54-36-60(84)62(86)38-56(54)76(58)96/h35-40,47-48H,7-34,45-46H2,1-6H3/b57-39-,58-40-. The lowest BCUT2D eigenvalue weighted by atomic mass is 9.98. The number of thiophene rings is 4. The molecule has 2 aliphatic carbocycles. The quantitative estimate of drug-likeness (QED) is 0.0218. The summed E-state index contributed by atoms with van der Waals surface area (Å²) in [5.74, 6) is 0.105. The highest BCUT2D eigenvalue weighted by Crippen LogP contribution is 2.57. The summed E-state index contributed by atoms with van der Waals surface area (Å²) in [6.07, 6.45) is 35.3. The molecule has 7 aromatic heterocycles. The molecule has 101 heavy (non-hydrogen) atoms. The highest BCUT2D eigenvalue weighted by molar-refractivity contribution is 7.34. The lowest BCUT2D eigenvalue weighted by Gasteiger charge is -2.20. The highest BCUT2D eigenvalue weighted by atomic mass is 35.5. The van der Waals surface area contributed by atoms with Crippen LogP contribution in [-0.4, -0.2) is 29.4 Å². The van der Waals surface area contributed by atoms with Crippen molar-refractivity contribution in [2.24, 2.45) is 11.8 Å². The van der Waals surface area contributed by atoms with E-state index in [2.05, 4.69) is 75.0 Å². The number of benzene rings is 3. The van der Waals surface area contributed by atoms with Crippen LogP contribution in [0.4, 0.5) is 0 Å². The van der Waals surface area contributed by atoms with Crippen molar-refractivity contribution < 1.29 is 9.59 Å². The maximum atomic E-state index is 14.9. The number of fused-ring (bicyclic) bond motifs is 16. The van der Waals surface area contributed by atoms with Crippen molar-refractivity contribution >= 4 is 210 Å². The van der Waals surface area contributed by atoms with Crippen LogP contribution >= 0.6 is 103 Å². The molecule has 7 heterocycles. The lowest BCUT2D eigenvalue weighted by Crippen LogP contribution is -2.13. The molecule has 0 spiro atoms. The molecule has 0 bridgehead atoms. The van der Waals surface area contributed by atoms with Crippen LogP contribution in [0.1, 0.15) is 261 Å². The predicted molar refractivity (Wildman–Crippen MR) is 432 cm³/mol. The second-order valence-corrected chi connectivity index (χ2v) is 34.0. The van der Waals surface area contributed by atoms with Crippen molar-refractivity contribution in [3.05, 3.63) is 110 Å². The topological polar surface area (TPSA) is 165 Å². The van der Waals surface area contributed by atoms with Gasteiger partial charge in [0.05, 0.1) is 82.1 Å².